The number of thiazole rings is 1. The topological polar surface area (TPSA) is 67.3 Å². The van der Waals surface area contributed by atoms with Crippen molar-refractivity contribution in [1.29, 1.82) is 0 Å². The second-order valence-electron chi connectivity index (χ2n) is 4.54. The molecule has 1 aromatic carbocycles. The number of carboxylic acids is 1. The standard InChI is InChI=1S/C15H11NO3S/c1-8-12(15(18)19)16-14(20-8)13(17)11-7-6-9-4-2-3-5-10(9)11/h2-5,7H,6H2,1H3,(H,18,19). The predicted molar refractivity (Wildman–Crippen MR) is 76.3 cm³/mol. The van der Waals surface area contributed by atoms with Crippen LogP contribution >= 0.6 is 11.3 Å². The monoisotopic (exact) mass is 285 g/mol. The van der Waals surface area contributed by atoms with Crippen molar-refractivity contribution in [2.24, 2.45) is 0 Å². The lowest BCUT2D eigenvalue weighted by molar-refractivity contribution is 0.0690. The Hall–Kier alpha value is -2.27. The van der Waals surface area contributed by atoms with Crippen LogP contribution in [-0.4, -0.2) is 21.8 Å². The molecular formula is C15H11NO3S. The molecule has 1 N–H and O–H groups in total. The maximum Gasteiger partial charge on any atom is 0.355 e. The second-order valence-corrected chi connectivity index (χ2v) is 5.74. The SMILES string of the molecule is Cc1sc(C(=O)C2=CCc3ccccc32)nc1C(=O)O. The molecule has 1 aliphatic carbocycles. The highest BCUT2D eigenvalue weighted by atomic mass is 32.1. The fourth-order valence-electron chi connectivity index (χ4n) is 2.31. The minimum absolute atomic E-state index is 0.0368. The molecule has 100 valence electrons. The Morgan fingerprint density at radius 1 is 1.30 bits per heavy atom. The van der Waals surface area contributed by atoms with Crippen LogP contribution in [0.3, 0.4) is 0 Å². The van der Waals surface area contributed by atoms with E-state index in [4.69, 9.17) is 5.11 Å². The van der Waals surface area contributed by atoms with Gasteiger partial charge in [0.2, 0.25) is 5.78 Å². The molecule has 0 saturated carbocycles. The average Bonchev–Trinajstić information content (AvgIpc) is 3.01. The summed E-state index contributed by atoms with van der Waals surface area (Å²) in [5.41, 5.74) is 2.61. The number of aryl methyl sites for hydroxylation is 1. The van der Waals surface area contributed by atoms with Crippen molar-refractivity contribution in [1.82, 2.24) is 4.98 Å². The molecule has 4 nitrogen and oxygen atoms in total. The largest absolute Gasteiger partial charge is 0.476 e. The van der Waals surface area contributed by atoms with Crippen molar-refractivity contribution >= 4 is 28.7 Å². The molecule has 0 amide bonds. The lowest BCUT2D eigenvalue weighted by atomic mass is 10.0. The first-order chi connectivity index (χ1) is 9.58. The van der Waals surface area contributed by atoms with Crippen LogP contribution < -0.4 is 0 Å². The summed E-state index contributed by atoms with van der Waals surface area (Å²) in [6.07, 6.45) is 2.61. The van der Waals surface area contributed by atoms with Crippen LogP contribution in [0.2, 0.25) is 0 Å². The zero-order valence-corrected chi connectivity index (χ0v) is 11.5. The number of rotatable bonds is 3. The van der Waals surface area contributed by atoms with Gasteiger partial charge in [-0.05, 0) is 24.5 Å². The minimum atomic E-state index is -1.10. The van der Waals surface area contributed by atoms with Gasteiger partial charge < -0.3 is 5.11 Å². The predicted octanol–water partition coefficient (Wildman–Crippen LogP) is 2.97. The lowest BCUT2D eigenvalue weighted by Crippen LogP contribution is -2.03. The van der Waals surface area contributed by atoms with E-state index in [0.29, 0.717) is 10.5 Å². The van der Waals surface area contributed by atoms with Gasteiger partial charge in [0.15, 0.2) is 10.7 Å². The maximum absolute atomic E-state index is 12.5. The van der Waals surface area contributed by atoms with Crippen LogP contribution in [0.15, 0.2) is 30.3 Å². The van der Waals surface area contributed by atoms with Crippen LogP contribution in [0, 0.1) is 6.92 Å². The molecule has 1 aromatic heterocycles. The van der Waals surface area contributed by atoms with Gasteiger partial charge in [0.05, 0.1) is 0 Å². The summed E-state index contributed by atoms with van der Waals surface area (Å²) in [6, 6.07) is 7.73. The summed E-state index contributed by atoms with van der Waals surface area (Å²) < 4.78 is 0. The molecule has 0 bridgehead atoms. The van der Waals surface area contributed by atoms with Crippen LogP contribution in [0.4, 0.5) is 0 Å². The highest BCUT2D eigenvalue weighted by Crippen LogP contribution is 2.31. The number of aromatic nitrogens is 1. The van der Waals surface area contributed by atoms with Crippen LogP contribution in [0.5, 0.6) is 0 Å². The summed E-state index contributed by atoms with van der Waals surface area (Å²) in [7, 11) is 0. The Morgan fingerprint density at radius 2 is 2.05 bits per heavy atom. The van der Waals surface area contributed by atoms with Gasteiger partial charge in [0, 0.05) is 10.5 Å². The van der Waals surface area contributed by atoms with Gasteiger partial charge in [-0.3, -0.25) is 4.79 Å². The number of aromatic carboxylic acids is 1. The van der Waals surface area contributed by atoms with Crippen LogP contribution in [0.1, 0.15) is 36.3 Å². The van der Waals surface area contributed by atoms with Gasteiger partial charge in [-0.15, -0.1) is 11.3 Å². The van der Waals surface area contributed by atoms with Crippen molar-refractivity contribution < 1.29 is 14.7 Å². The molecule has 3 rings (SSSR count). The zero-order valence-electron chi connectivity index (χ0n) is 10.7. The molecule has 0 spiro atoms. The van der Waals surface area contributed by atoms with Crippen molar-refractivity contribution in [2.75, 3.05) is 0 Å². The van der Waals surface area contributed by atoms with Crippen LogP contribution in [0.25, 0.3) is 5.57 Å². The molecule has 2 aromatic rings. The highest BCUT2D eigenvalue weighted by molar-refractivity contribution is 7.14. The molecule has 0 radical (unpaired) electrons. The molecule has 20 heavy (non-hydrogen) atoms. The van der Waals surface area contributed by atoms with E-state index in [0.717, 1.165) is 28.9 Å². The van der Waals surface area contributed by atoms with Gasteiger partial charge in [0.1, 0.15) is 0 Å². The highest BCUT2D eigenvalue weighted by Gasteiger charge is 2.25. The van der Waals surface area contributed by atoms with Crippen molar-refractivity contribution in [3.63, 3.8) is 0 Å². The third-order valence-electron chi connectivity index (χ3n) is 3.27. The van der Waals surface area contributed by atoms with E-state index in [1.54, 1.807) is 6.92 Å². The zero-order chi connectivity index (χ0) is 14.3. The normalized spacial score (nSPS) is 12.9. The number of carboxylic acid groups (broad SMARTS) is 1. The molecule has 0 unspecified atom stereocenters. The first-order valence-corrected chi connectivity index (χ1v) is 6.93. The number of benzene rings is 1. The number of hydrogen-bond acceptors (Lipinski definition) is 4. The van der Waals surface area contributed by atoms with E-state index < -0.39 is 5.97 Å². The fraction of sp³-hybridized carbons (Fsp3) is 0.133. The van der Waals surface area contributed by atoms with E-state index in [1.807, 2.05) is 30.3 Å². The van der Waals surface area contributed by atoms with Crippen LogP contribution in [-0.2, 0) is 6.42 Å². The molecule has 1 aliphatic rings. The number of ketones is 1. The number of carbonyl (C=O) groups excluding carboxylic acids is 1. The number of hydrogen-bond donors (Lipinski definition) is 1. The number of carbonyl (C=O) groups is 2. The Balaban J connectivity index is 1.99. The Morgan fingerprint density at radius 3 is 2.75 bits per heavy atom. The second kappa shape index (κ2) is 4.68. The molecule has 0 atom stereocenters. The van der Waals surface area contributed by atoms with Gasteiger partial charge in [-0.25, -0.2) is 9.78 Å². The van der Waals surface area contributed by atoms with Gasteiger partial charge in [-0.1, -0.05) is 30.3 Å². The summed E-state index contributed by atoms with van der Waals surface area (Å²) in [6.45, 7) is 1.66. The lowest BCUT2D eigenvalue weighted by Gasteiger charge is -2.02. The Bertz CT molecular complexity index is 758. The molecule has 1 heterocycles. The van der Waals surface area contributed by atoms with E-state index in [9.17, 15) is 9.59 Å². The maximum atomic E-state index is 12.5. The number of nitrogens with zero attached hydrogens (tertiary/aromatic N) is 1. The van der Waals surface area contributed by atoms with E-state index in [-0.39, 0.29) is 16.5 Å². The minimum Gasteiger partial charge on any atom is -0.476 e. The summed E-state index contributed by atoms with van der Waals surface area (Å²) in [5, 5.41) is 9.24. The third-order valence-corrected chi connectivity index (χ3v) is 4.24. The Labute approximate surface area is 119 Å². The van der Waals surface area contributed by atoms with Gasteiger partial charge in [-0.2, -0.15) is 0 Å². The molecule has 5 heteroatoms. The Kier molecular flexibility index (Phi) is 2.99. The van der Waals surface area contributed by atoms with Crippen molar-refractivity contribution in [3.8, 4) is 0 Å². The van der Waals surface area contributed by atoms with E-state index in [2.05, 4.69) is 4.98 Å². The van der Waals surface area contributed by atoms with E-state index >= 15 is 0 Å². The summed E-state index contributed by atoms with van der Waals surface area (Å²) in [4.78, 5) is 28.0. The molecule has 0 saturated heterocycles. The fourth-order valence-corrected chi connectivity index (χ4v) is 3.16. The van der Waals surface area contributed by atoms with Crippen molar-refractivity contribution in [2.45, 2.75) is 13.3 Å². The molecule has 0 fully saturated rings. The smallest absolute Gasteiger partial charge is 0.355 e. The third kappa shape index (κ3) is 1.96. The number of allylic oxidation sites excluding steroid dienone is 2. The van der Waals surface area contributed by atoms with Crippen molar-refractivity contribution in [3.05, 3.63) is 57.0 Å². The molecule has 0 aliphatic heterocycles. The van der Waals surface area contributed by atoms with Gasteiger partial charge >= 0.3 is 5.97 Å². The van der Waals surface area contributed by atoms with E-state index in [1.165, 1.54) is 0 Å². The van der Waals surface area contributed by atoms with Gasteiger partial charge in [0.25, 0.3) is 0 Å². The molecular weight excluding hydrogens is 274 g/mol. The first-order valence-electron chi connectivity index (χ1n) is 6.12. The quantitative estimate of drug-likeness (QED) is 0.880. The number of Topliss-reactive ketones (excluding diaryl/α,β-unsaturated/α-hetero) is 1. The number of fused-ring (bicyclic) bond motifs is 1. The summed E-state index contributed by atoms with van der Waals surface area (Å²) in [5.74, 6) is -1.30. The summed E-state index contributed by atoms with van der Waals surface area (Å²) >= 11 is 1.13. The average molecular weight is 285 g/mol. The first kappa shape index (κ1) is 12.7.